The van der Waals surface area contributed by atoms with Crippen molar-refractivity contribution in [3.05, 3.63) is 47.5 Å². The molecule has 5 heteroatoms. The lowest BCUT2D eigenvalue weighted by atomic mass is 9.81. The highest BCUT2D eigenvalue weighted by Crippen LogP contribution is 2.48. The second-order valence-corrected chi connectivity index (χ2v) is 8.63. The number of anilines is 1. The van der Waals surface area contributed by atoms with Crippen LogP contribution in [0.2, 0.25) is 0 Å². The maximum Gasteiger partial charge on any atom is 0.239 e. The van der Waals surface area contributed by atoms with Crippen LogP contribution in [0.3, 0.4) is 0 Å². The van der Waals surface area contributed by atoms with Gasteiger partial charge >= 0.3 is 0 Å². The van der Waals surface area contributed by atoms with Crippen molar-refractivity contribution in [3.8, 4) is 17.2 Å². The van der Waals surface area contributed by atoms with E-state index in [4.69, 9.17) is 14.2 Å². The Hall–Kier alpha value is -2.40. The standard InChI is InChI=1S/C23H28N2O3/c1-23(25-10-4-5-11-25)14-19(16-6-8-17(9-7-16)24(2)3)18-12-21-22(27-15-26-21)13-20(18)28-23/h6-9,12-13,19H,4-5,10-11,14-15H2,1-3H3/p+1/t19-,23-/m1/s1. The van der Waals surface area contributed by atoms with Gasteiger partial charge in [-0.25, -0.2) is 0 Å². The molecule has 1 saturated heterocycles. The first-order valence-corrected chi connectivity index (χ1v) is 10.3. The smallest absolute Gasteiger partial charge is 0.239 e. The molecule has 148 valence electrons. The fourth-order valence-electron chi connectivity index (χ4n) is 4.93. The molecular weight excluding hydrogens is 352 g/mol. The van der Waals surface area contributed by atoms with Crippen LogP contribution >= 0.6 is 0 Å². The Morgan fingerprint density at radius 3 is 2.32 bits per heavy atom. The summed E-state index contributed by atoms with van der Waals surface area (Å²) in [6, 6.07) is 13.1. The van der Waals surface area contributed by atoms with E-state index in [9.17, 15) is 0 Å². The number of likely N-dealkylation sites (tertiary alicyclic amines) is 1. The lowest BCUT2D eigenvalue weighted by Gasteiger charge is -2.42. The molecule has 1 fully saturated rings. The number of nitrogens with zero attached hydrogens (tertiary/aromatic N) is 1. The lowest BCUT2D eigenvalue weighted by Crippen LogP contribution is -3.19. The minimum Gasteiger partial charge on any atom is -0.454 e. The van der Waals surface area contributed by atoms with E-state index in [1.807, 2.05) is 6.07 Å². The molecular formula is C23H29N2O3+. The molecule has 2 aromatic carbocycles. The van der Waals surface area contributed by atoms with Crippen LogP contribution < -0.4 is 24.0 Å². The number of quaternary nitrogens is 1. The molecule has 0 unspecified atom stereocenters. The van der Waals surface area contributed by atoms with Gasteiger partial charge in [0.15, 0.2) is 11.5 Å². The number of hydrogen-bond acceptors (Lipinski definition) is 4. The number of fused-ring (bicyclic) bond motifs is 2. The molecule has 0 amide bonds. The van der Waals surface area contributed by atoms with E-state index in [-0.39, 0.29) is 18.4 Å². The van der Waals surface area contributed by atoms with Gasteiger partial charge in [0.2, 0.25) is 12.5 Å². The van der Waals surface area contributed by atoms with E-state index < -0.39 is 0 Å². The molecule has 0 aromatic heterocycles. The number of ether oxygens (including phenoxy) is 3. The van der Waals surface area contributed by atoms with Crippen LogP contribution in [-0.2, 0) is 0 Å². The van der Waals surface area contributed by atoms with Gasteiger partial charge in [0.25, 0.3) is 0 Å². The minimum absolute atomic E-state index is 0.220. The van der Waals surface area contributed by atoms with Crippen LogP contribution in [0.1, 0.15) is 43.2 Å². The summed E-state index contributed by atoms with van der Waals surface area (Å²) in [4.78, 5) is 3.70. The number of benzene rings is 2. The van der Waals surface area contributed by atoms with Crippen LogP contribution in [-0.4, -0.2) is 39.7 Å². The minimum atomic E-state index is -0.220. The molecule has 2 atom stereocenters. The van der Waals surface area contributed by atoms with Gasteiger partial charge in [-0.15, -0.1) is 0 Å². The first-order chi connectivity index (χ1) is 13.5. The fourth-order valence-corrected chi connectivity index (χ4v) is 4.93. The molecule has 2 aromatic rings. The summed E-state index contributed by atoms with van der Waals surface area (Å²) in [5, 5.41) is 0. The molecule has 0 spiro atoms. The van der Waals surface area contributed by atoms with Crippen LogP contribution in [0.4, 0.5) is 5.69 Å². The van der Waals surface area contributed by atoms with Crippen molar-refractivity contribution in [2.75, 3.05) is 38.9 Å². The average molecular weight is 381 g/mol. The Morgan fingerprint density at radius 2 is 1.64 bits per heavy atom. The van der Waals surface area contributed by atoms with Gasteiger partial charge in [0.1, 0.15) is 5.75 Å². The number of nitrogens with one attached hydrogen (secondary N) is 1. The second kappa shape index (κ2) is 6.59. The van der Waals surface area contributed by atoms with Crippen molar-refractivity contribution in [3.63, 3.8) is 0 Å². The van der Waals surface area contributed by atoms with E-state index >= 15 is 0 Å². The van der Waals surface area contributed by atoms with Gasteiger partial charge in [-0.2, -0.15) is 0 Å². The monoisotopic (exact) mass is 381 g/mol. The maximum atomic E-state index is 6.66. The Labute approximate surface area is 166 Å². The summed E-state index contributed by atoms with van der Waals surface area (Å²) < 4.78 is 17.9. The maximum absolute atomic E-state index is 6.66. The summed E-state index contributed by atoms with van der Waals surface area (Å²) in [5.74, 6) is 2.85. The van der Waals surface area contributed by atoms with Gasteiger partial charge in [-0.3, -0.25) is 4.90 Å². The summed E-state index contributed by atoms with van der Waals surface area (Å²) in [5.41, 5.74) is 3.54. The third kappa shape index (κ3) is 2.89. The average Bonchev–Trinajstić information content (AvgIpc) is 3.38. The molecule has 3 aliphatic heterocycles. The summed E-state index contributed by atoms with van der Waals surface area (Å²) >= 11 is 0. The molecule has 0 aliphatic carbocycles. The van der Waals surface area contributed by atoms with Gasteiger partial charge in [-0.1, -0.05) is 12.1 Å². The molecule has 5 nitrogen and oxygen atoms in total. The first-order valence-electron chi connectivity index (χ1n) is 10.3. The van der Waals surface area contributed by atoms with Crippen molar-refractivity contribution in [2.45, 2.75) is 37.8 Å². The molecule has 0 bridgehead atoms. The van der Waals surface area contributed by atoms with Gasteiger partial charge in [0, 0.05) is 57.1 Å². The van der Waals surface area contributed by atoms with Crippen molar-refractivity contribution in [2.24, 2.45) is 0 Å². The molecule has 0 radical (unpaired) electrons. The van der Waals surface area contributed by atoms with Crippen LogP contribution in [0.5, 0.6) is 17.2 Å². The SMILES string of the molecule is CN(C)c1ccc([C@H]2C[C@](C)([NH+]3CCCC3)Oc3cc4c(cc32)OCO4)cc1. The number of rotatable bonds is 3. The van der Waals surface area contributed by atoms with Gasteiger partial charge in [-0.05, 0) is 23.8 Å². The van der Waals surface area contributed by atoms with Crippen LogP contribution in [0.15, 0.2) is 36.4 Å². The van der Waals surface area contributed by atoms with E-state index in [2.05, 4.69) is 56.3 Å². The van der Waals surface area contributed by atoms with Crippen molar-refractivity contribution < 1.29 is 19.1 Å². The Bertz CT molecular complexity index is 874. The van der Waals surface area contributed by atoms with Gasteiger partial charge < -0.3 is 19.1 Å². The normalized spacial score (nSPS) is 26.0. The van der Waals surface area contributed by atoms with E-state index in [1.165, 1.54) is 42.7 Å². The largest absolute Gasteiger partial charge is 0.454 e. The highest BCUT2D eigenvalue weighted by atomic mass is 16.7. The Kier molecular flexibility index (Phi) is 4.16. The molecule has 5 rings (SSSR count). The topological polar surface area (TPSA) is 35.4 Å². The summed E-state index contributed by atoms with van der Waals surface area (Å²) in [6.07, 6.45) is 3.53. The van der Waals surface area contributed by atoms with Gasteiger partial charge in [0.05, 0.1) is 19.5 Å². The Morgan fingerprint density at radius 1 is 0.964 bits per heavy atom. The lowest BCUT2D eigenvalue weighted by molar-refractivity contribution is -0.962. The van der Waals surface area contributed by atoms with Crippen molar-refractivity contribution >= 4 is 5.69 Å². The second-order valence-electron chi connectivity index (χ2n) is 8.63. The molecule has 28 heavy (non-hydrogen) atoms. The van der Waals surface area contributed by atoms with E-state index in [0.717, 1.165) is 23.7 Å². The quantitative estimate of drug-likeness (QED) is 0.887. The van der Waals surface area contributed by atoms with Crippen molar-refractivity contribution in [1.29, 1.82) is 0 Å². The fraction of sp³-hybridized carbons (Fsp3) is 0.478. The molecule has 3 heterocycles. The zero-order valence-electron chi connectivity index (χ0n) is 17.0. The Balaban J connectivity index is 1.58. The number of hydrogen-bond donors (Lipinski definition) is 1. The predicted molar refractivity (Wildman–Crippen MR) is 109 cm³/mol. The van der Waals surface area contributed by atoms with Crippen LogP contribution in [0, 0.1) is 0 Å². The molecule has 1 N–H and O–H groups in total. The van der Waals surface area contributed by atoms with E-state index in [0.29, 0.717) is 0 Å². The zero-order valence-corrected chi connectivity index (χ0v) is 17.0. The van der Waals surface area contributed by atoms with Crippen molar-refractivity contribution in [1.82, 2.24) is 0 Å². The van der Waals surface area contributed by atoms with Crippen LogP contribution in [0.25, 0.3) is 0 Å². The highest BCUT2D eigenvalue weighted by Gasteiger charge is 2.47. The summed E-state index contributed by atoms with van der Waals surface area (Å²) in [7, 11) is 4.15. The summed E-state index contributed by atoms with van der Waals surface area (Å²) in [6.45, 7) is 4.93. The molecule has 3 aliphatic rings. The highest BCUT2D eigenvalue weighted by molar-refractivity contribution is 5.57. The zero-order chi connectivity index (χ0) is 19.3. The predicted octanol–water partition coefficient (Wildman–Crippen LogP) is 2.79. The third-order valence-electron chi connectivity index (χ3n) is 6.58. The third-order valence-corrected chi connectivity index (χ3v) is 6.58. The van der Waals surface area contributed by atoms with E-state index in [1.54, 1.807) is 4.90 Å². The molecule has 0 saturated carbocycles. The first kappa shape index (κ1) is 17.7.